The smallest absolute Gasteiger partial charge is 0.328 e. The van der Waals surface area contributed by atoms with E-state index in [4.69, 9.17) is 18.9 Å². The summed E-state index contributed by atoms with van der Waals surface area (Å²) in [4.78, 5) is 34.5. The van der Waals surface area contributed by atoms with Gasteiger partial charge in [0.15, 0.2) is 0 Å². The summed E-state index contributed by atoms with van der Waals surface area (Å²) >= 11 is 0. The molecule has 11 heteroatoms. The number of carbonyl (C=O) groups excluding carboxylic acids is 2. The van der Waals surface area contributed by atoms with Crippen LogP contribution in [0.5, 0.6) is 11.5 Å². The molecule has 3 aromatic carbocycles. The SMILES string of the molecule is COC(=O)C(Cc1c[nH]cn1)NC(=O)CN(CCCO)CCCOC(c1ccccc1)(c1ccc(OC)cc1)c1ccc(OC)cc1. The maximum absolute atomic E-state index is 13.1. The van der Waals surface area contributed by atoms with E-state index in [-0.39, 0.29) is 25.5 Å². The third kappa shape index (κ3) is 9.41. The van der Waals surface area contributed by atoms with E-state index in [0.29, 0.717) is 38.2 Å². The van der Waals surface area contributed by atoms with Crippen LogP contribution in [0.2, 0.25) is 0 Å². The number of hydrogen-bond acceptors (Lipinski definition) is 9. The van der Waals surface area contributed by atoms with Gasteiger partial charge in [0, 0.05) is 38.9 Å². The van der Waals surface area contributed by atoms with Gasteiger partial charge in [-0.15, -0.1) is 0 Å². The van der Waals surface area contributed by atoms with Crippen molar-refractivity contribution in [2.45, 2.75) is 30.9 Å². The van der Waals surface area contributed by atoms with Crippen LogP contribution in [0.25, 0.3) is 0 Å². The van der Waals surface area contributed by atoms with Crippen LogP contribution in [-0.2, 0) is 31.1 Å². The Kier molecular flexibility index (Phi) is 13.3. The fourth-order valence-electron chi connectivity index (χ4n) is 5.54. The summed E-state index contributed by atoms with van der Waals surface area (Å²) in [5, 5.41) is 12.3. The zero-order valence-corrected chi connectivity index (χ0v) is 27.2. The van der Waals surface area contributed by atoms with Crippen LogP contribution >= 0.6 is 0 Å². The summed E-state index contributed by atoms with van der Waals surface area (Å²) < 4.78 is 22.7. The van der Waals surface area contributed by atoms with Crippen molar-refractivity contribution in [3.8, 4) is 11.5 Å². The van der Waals surface area contributed by atoms with Crippen LogP contribution in [0.1, 0.15) is 35.2 Å². The van der Waals surface area contributed by atoms with E-state index in [9.17, 15) is 14.7 Å². The molecule has 47 heavy (non-hydrogen) atoms. The Balaban J connectivity index is 1.52. The number of benzene rings is 3. The first kappa shape index (κ1) is 35.1. The summed E-state index contributed by atoms with van der Waals surface area (Å²) in [6.45, 7) is 1.40. The average Bonchev–Trinajstić information content (AvgIpc) is 3.64. The van der Waals surface area contributed by atoms with Gasteiger partial charge in [-0.3, -0.25) is 9.69 Å². The van der Waals surface area contributed by atoms with Crippen LogP contribution < -0.4 is 14.8 Å². The number of carbonyl (C=O) groups is 2. The van der Waals surface area contributed by atoms with E-state index >= 15 is 0 Å². The minimum atomic E-state index is -0.951. The molecule has 4 aromatic rings. The zero-order valence-electron chi connectivity index (χ0n) is 27.2. The molecule has 0 spiro atoms. The molecular weight excluding hydrogens is 600 g/mol. The van der Waals surface area contributed by atoms with E-state index in [1.807, 2.05) is 83.8 Å². The number of methoxy groups -OCH3 is 3. The van der Waals surface area contributed by atoms with Crippen molar-refractivity contribution in [3.05, 3.63) is 114 Å². The molecule has 0 saturated heterocycles. The van der Waals surface area contributed by atoms with Crippen molar-refractivity contribution in [2.75, 3.05) is 54.2 Å². The number of imidazole rings is 1. The fourth-order valence-corrected chi connectivity index (χ4v) is 5.54. The van der Waals surface area contributed by atoms with Crippen LogP contribution in [-0.4, -0.2) is 92.1 Å². The van der Waals surface area contributed by atoms with Crippen molar-refractivity contribution in [1.82, 2.24) is 20.2 Å². The Hall–Kier alpha value is -4.71. The van der Waals surface area contributed by atoms with Gasteiger partial charge in [-0.25, -0.2) is 9.78 Å². The number of aromatic nitrogens is 2. The van der Waals surface area contributed by atoms with Crippen LogP contribution in [0.4, 0.5) is 0 Å². The third-order valence-electron chi connectivity index (χ3n) is 7.90. The van der Waals surface area contributed by atoms with Crippen molar-refractivity contribution in [2.24, 2.45) is 0 Å². The minimum absolute atomic E-state index is 0.00930. The zero-order chi connectivity index (χ0) is 33.5. The van der Waals surface area contributed by atoms with Gasteiger partial charge in [-0.2, -0.15) is 0 Å². The van der Waals surface area contributed by atoms with Gasteiger partial charge in [-0.1, -0.05) is 54.6 Å². The second-order valence-corrected chi connectivity index (χ2v) is 11.0. The molecule has 1 amide bonds. The van der Waals surface area contributed by atoms with Crippen molar-refractivity contribution in [3.63, 3.8) is 0 Å². The molecule has 250 valence electrons. The minimum Gasteiger partial charge on any atom is -0.497 e. The molecule has 0 bridgehead atoms. The van der Waals surface area contributed by atoms with E-state index in [2.05, 4.69) is 15.3 Å². The lowest BCUT2D eigenvalue weighted by Crippen LogP contribution is -2.47. The van der Waals surface area contributed by atoms with Crippen molar-refractivity contribution >= 4 is 11.9 Å². The highest BCUT2D eigenvalue weighted by Crippen LogP contribution is 2.41. The molecule has 4 rings (SSSR count). The molecule has 1 aromatic heterocycles. The van der Waals surface area contributed by atoms with Gasteiger partial charge in [0.05, 0.1) is 39.9 Å². The molecule has 3 N–H and O–H groups in total. The predicted octanol–water partition coefficient (Wildman–Crippen LogP) is 3.71. The average molecular weight is 645 g/mol. The monoisotopic (exact) mass is 644 g/mol. The highest BCUT2D eigenvalue weighted by molar-refractivity contribution is 5.85. The number of amides is 1. The molecule has 0 radical (unpaired) electrons. The number of rotatable bonds is 19. The Labute approximate surface area is 275 Å². The molecule has 0 fully saturated rings. The number of esters is 1. The molecule has 11 nitrogen and oxygen atoms in total. The summed E-state index contributed by atoms with van der Waals surface area (Å²) in [5.41, 5.74) is 2.49. The molecule has 1 heterocycles. The number of aromatic amines is 1. The molecular formula is C36H44N4O7. The maximum Gasteiger partial charge on any atom is 0.328 e. The topological polar surface area (TPSA) is 135 Å². The van der Waals surface area contributed by atoms with Gasteiger partial charge < -0.3 is 34.4 Å². The Morgan fingerprint density at radius 2 is 1.47 bits per heavy atom. The van der Waals surface area contributed by atoms with Gasteiger partial charge in [0.2, 0.25) is 5.91 Å². The first-order chi connectivity index (χ1) is 22.9. The molecule has 1 unspecified atom stereocenters. The molecule has 0 aliphatic rings. The first-order valence-electron chi connectivity index (χ1n) is 15.6. The lowest BCUT2D eigenvalue weighted by atomic mass is 9.80. The normalized spacial score (nSPS) is 12.0. The van der Waals surface area contributed by atoms with Crippen LogP contribution in [0.15, 0.2) is 91.4 Å². The van der Waals surface area contributed by atoms with E-state index in [1.54, 1.807) is 20.4 Å². The van der Waals surface area contributed by atoms with Crippen molar-refractivity contribution < 1.29 is 33.6 Å². The highest BCUT2D eigenvalue weighted by atomic mass is 16.5. The standard InChI is InChI=1S/C36H44N4O7/c1-44-31-15-11-28(12-16-31)36(27-9-5-4-6-10-27,29-13-17-32(45-2)18-14-29)47-22-8-20-40(19-7-21-41)25-34(42)39-33(35(43)46-3)23-30-24-37-26-38-30/h4-6,9-18,24,26,33,41H,7-8,19-23,25H2,1-3H3,(H,37,38)(H,39,42). The largest absolute Gasteiger partial charge is 0.497 e. The van der Waals surface area contributed by atoms with Crippen LogP contribution in [0.3, 0.4) is 0 Å². The van der Waals surface area contributed by atoms with Gasteiger partial charge in [0.25, 0.3) is 0 Å². The first-order valence-corrected chi connectivity index (χ1v) is 15.6. The maximum atomic E-state index is 13.1. The fraction of sp³-hybridized carbons (Fsp3) is 0.361. The van der Waals surface area contributed by atoms with E-state index in [0.717, 1.165) is 28.2 Å². The van der Waals surface area contributed by atoms with Crippen molar-refractivity contribution in [1.29, 1.82) is 0 Å². The van der Waals surface area contributed by atoms with Crippen LogP contribution in [0, 0.1) is 0 Å². The molecule has 0 aliphatic carbocycles. The molecule has 1 atom stereocenters. The lowest BCUT2D eigenvalue weighted by molar-refractivity contribution is -0.145. The molecule has 0 saturated carbocycles. The van der Waals surface area contributed by atoms with Gasteiger partial charge >= 0.3 is 5.97 Å². The number of hydrogen-bond donors (Lipinski definition) is 3. The second-order valence-electron chi connectivity index (χ2n) is 11.0. The summed E-state index contributed by atoms with van der Waals surface area (Å²) in [7, 11) is 4.56. The highest BCUT2D eigenvalue weighted by Gasteiger charge is 2.38. The summed E-state index contributed by atoms with van der Waals surface area (Å²) in [6.07, 6.45) is 4.47. The predicted molar refractivity (Wildman–Crippen MR) is 177 cm³/mol. The van der Waals surface area contributed by atoms with E-state index < -0.39 is 17.6 Å². The Morgan fingerprint density at radius 1 is 0.872 bits per heavy atom. The van der Waals surface area contributed by atoms with Gasteiger partial charge in [0.1, 0.15) is 23.1 Å². The molecule has 0 aliphatic heterocycles. The Morgan fingerprint density at radius 3 is 2.00 bits per heavy atom. The van der Waals surface area contributed by atoms with Gasteiger partial charge in [-0.05, 0) is 53.8 Å². The number of nitrogens with one attached hydrogen (secondary N) is 2. The number of aliphatic hydroxyl groups excluding tert-OH is 1. The third-order valence-corrected chi connectivity index (χ3v) is 7.90. The Bertz CT molecular complexity index is 1450. The second kappa shape index (κ2) is 17.8. The number of nitrogens with zero attached hydrogens (tertiary/aromatic N) is 2. The lowest BCUT2D eigenvalue weighted by Gasteiger charge is -2.36. The number of ether oxygens (including phenoxy) is 4. The summed E-state index contributed by atoms with van der Waals surface area (Å²) in [5.74, 6) is 0.597. The van der Waals surface area contributed by atoms with E-state index in [1.165, 1.54) is 13.4 Å². The summed E-state index contributed by atoms with van der Waals surface area (Å²) in [6, 6.07) is 24.9. The number of aliphatic hydroxyl groups is 1. The number of H-pyrrole nitrogens is 1. The quantitative estimate of drug-likeness (QED) is 0.0793.